The van der Waals surface area contributed by atoms with Crippen LogP contribution >= 0.6 is 0 Å². The van der Waals surface area contributed by atoms with Crippen molar-refractivity contribution in [3.63, 3.8) is 0 Å². The molecular weight excluding hydrogens is 683 g/mol. The Kier molecular flexibility index (Phi) is 10.1. The van der Waals surface area contributed by atoms with E-state index in [4.69, 9.17) is 14.2 Å². The topological polar surface area (TPSA) is 153 Å². The lowest BCUT2D eigenvalue weighted by Gasteiger charge is -2.60. The predicted molar refractivity (Wildman–Crippen MR) is 181 cm³/mol. The number of rotatable bonds is 9. The Balaban J connectivity index is 1.46. The third-order valence-electron chi connectivity index (χ3n) is 11.1. The van der Waals surface area contributed by atoms with Crippen LogP contribution in [0.25, 0.3) is 0 Å². The lowest BCUT2D eigenvalue weighted by molar-refractivity contribution is -0.174. The second-order valence-corrected chi connectivity index (χ2v) is 14.2. The van der Waals surface area contributed by atoms with E-state index in [9.17, 15) is 37.9 Å². The number of fused-ring (bicyclic) bond motifs is 9. The van der Waals surface area contributed by atoms with Gasteiger partial charge in [0.1, 0.15) is 23.6 Å². The van der Waals surface area contributed by atoms with Gasteiger partial charge in [-0.25, -0.2) is 0 Å². The Morgan fingerprint density at radius 3 is 2.48 bits per heavy atom. The number of aromatic hydroxyl groups is 1. The average molecular weight is 728 g/mol. The minimum absolute atomic E-state index is 0.0296. The first-order chi connectivity index (χ1) is 24.6. The lowest BCUT2D eigenvalue weighted by atomic mass is 9.71. The highest BCUT2D eigenvalue weighted by Crippen LogP contribution is 2.57. The molecule has 4 aliphatic heterocycles. The van der Waals surface area contributed by atoms with E-state index in [-0.39, 0.29) is 43.9 Å². The summed E-state index contributed by atoms with van der Waals surface area (Å²) in [6.45, 7) is 8.46. The standard InChI is InChI=1S/C37H44F3N5O7/c1-7-8-9-10-27(46)52-32-18(3)17(2)11-21-12-23-25(14-41)45-24(30(28(21)32)44(23)6)13-22-29(34-33(50-16-51-34)19(4)31(22)47)26(45)15-42-35(48)20(5)43-36(49)37(38,39)40/h11,20,23-26,30,47H,7-10,12-13,15-16H2,1-6H3,(H,42,48)(H,43,49)/t20-,23-,24?,25-,26-,30-/m0/s1. The second kappa shape index (κ2) is 14.1. The first kappa shape index (κ1) is 37.2. The molecule has 2 aromatic rings. The maximum atomic E-state index is 13.2. The molecule has 280 valence electrons. The van der Waals surface area contributed by atoms with Gasteiger partial charge in [0.2, 0.25) is 12.7 Å². The first-order valence-corrected chi connectivity index (χ1v) is 17.6. The highest BCUT2D eigenvalue weighted by atomic mass is 19.4. The van der Waals surface area contributed by atoms with Crippen LogP contribution in [0.3, 0.4) is 0 Å². The van der Waals surface area contributed by atoms with Gasteiger partial charge in [-0.2, -0.15) is 18.4 Å². The summed E-state index contributed by atoms with van der Waals surface area (Å²) in [7, 11) is 1.93. The van der Waals surface area contributed by atoms with Gasteiger partial charge in [0.05, 0.1) is 18.2 Å². The van der Waals surface area contributed by atoms with Gasteiger partial charge >= 0.3 is 18.1 Å². The van der Waals surface area contributed by atoms with Crippen LogP contribution in [0.1, 0.15) is 90.6 Å². The van der Waals surface area contributed by atoms with Crippen molar-refractivity contribution >= 4 is 17.8 Å². The fourth-order valence-electron chi connectivity index (χ4n) is 8.40. The normalized spacial score (nSPS) is 23.8. The van der Waals surface area contributed by atoms with Crippen LogP contribution in [0.2, 0.25) is 0 Å². The van der Waals surface area contributed by atoms with Gasteiger partial charge in [-0.3, -0.25) is 24.2 Å². The van der Waals surface area contributed by atoms with E-state index in [1.165, 1.54) is 0 Å². The fraction of sp³-hybridized carbons (Fsp3) is 0.568. The smallest absolute Gasteiger partial charge is 0.471 e. The van der Waals surface area contributed by atoms with E-state index in [1.807, 2.05) is 25.8 Å². The minimum atomic E-state index is -5.18. The molecule has 0 radical (unpaired) electrons. The summed E-state index contributed by atoms with van der Waals surface area (Å²) in [5.74, 6) is -2.31. The molecule has 1 unspecified atom stereocenters. The van der Waals surface area contributed by atoms with E-state index in [1.54, 1.807) is 12.2 Å². The largest absolute Gasteiger partial charge is 0.507 e. The first-order valence-electron chi connectivity index (χ1n) is 17.6. The Hall–Kier alpha value is -4.55. The molecule has 2 amide bonds. The third-order valence-corrected chi connectivity index (χ3v) is 11.1. The molecule has 0 aliphatic carbocycles. The van der Waals surface area contributed by atoms with Crippen LogP contribution < -0.4 is 24.8 Å². The van der Waals surface area contributed by atoms with Crippen LogP contribution in [0.4, 0.5) is 13.2 Å². The number of likely N-dealkylation sites (N-methyl/N-ethyl adjacent to an activating group) is 1. The van der Waals surface area contributed by atoms with Gasteiger partial charge < -0.3 is 30.0 Å². The molecule has 3 N–H and O–H groups in total. The number of nitriles is 1. The average Bonchev–Trinajstić information content (AvgIpc) is 3.58. The number of carbonyl (C=O) groups is 3. The summed E-state index contributed by atoms with van der Waals surface area (Å²) in [5.41, 5.74) is 5.04. The molecular formula is C37H44F3N5O7. The van der Waals surface area contributed by atoms with Gasteiger partial charge in [0, 0.05) is 47.3 Å². The number of carbonyl (C=O) groups excluding carboxylic acids is 3. The molecule has 0 spiro atoms. The lowest BCUT2D eigenvalue weighted by Crippen LogP contribution is -2.69. The van der Waals surface area contributed by atoms with Gasteiger partial charge in [-0.05, 0) is 70.7 Å². The van der Waals surface area contributed by atoms with Gasteiger partial charge in [0.15, 0.2) is 11.5 Å². The Morgan fingerprint density at radius 1 is 1.10 bits per heavy atom. The zero-order valence-corrected chi connectivity index (χ0v) is 30.1. The van der Waals surface area contributed by atoms with Crippen LogP contribution in [0.15, 0.2) is 6.07 Å². The summed E-state index contributed by atoms with van der Waals surface area (Å²) in [5, 5.41) is 26.9. The molecule has 1 saturated heterocycles. The van der Waals surface area contributed by atoms with E-state index in [2.05, 4.69) is 29.3 Å². The Bertz CT molecular complexity index is 1840. The molecule has 4 heterocycles. The van der Waals surface area contributed by atoms with Crippen molar-refractivity contribution in [2.45, 2.75) is 116 Å². The number of phenols is 1. The molecule has 6 rings (SSSR count). The number of amides is 2. The van der Waals surface area contributed by atoms with Gasteiger partial charge in [0.25, 0.3) is 0 Å². The SMILES string of the molecule is CCCCCC(=O)Oc1c(C)c(C)cc2c1[C@@H]1C3Cc4c(O)c(C)c5c(c4[C@H](CNC(=O)[C@H](C)NC(=O)C(F)(F)F)N3[C@@H](C#N)[C@H](C2)N1C)OCO5. The number of phenolic OH excluding ortho intramolecular Hbond substituents is 1. The number of ether oxygens (including phenoxy) is 3. The zero-order valence-electron chi connectivity index (χ0n) is 30.1. The number of nitrogens with one attached hydrogen (secondary N) is 2. The molecule has 4 aliphatic rings. The number of alkyl halides is 3. The number of hydrogen-bond donors (Lipinski definition) is 3. The van der Waals surface area contributed by atoms with E-state index < -0.39 is 48.2 Å². The molecule has 52 heavy (non-hydrogen) atoms. The highest BCUT2D eigenvalue weighted by Gasteiger charge is 2.57. The van der Waals surface area contributed by atoms with Crippen molar-refractivity contribution in [2.24, 2.45) is 0 Å². The molecule has 0 aromatic heterocycles. The number of unbranched alkanes of at least 4 members (excludes halogenated alkanes) is 2. The number of aryl methyl sites for hydroxylation is 1. The van der Waals surface area contributed by atoms with Gasteiger partial charge in [-0.15, -0.1) is 0 Å². The Morgan fingerprint density at radius 2 is 1.81 bits per heavy atom. The zero-order chi connectivity index (χ0) is 37.8. The van der Waals surface area contributed by atoms with Crippen molar-refractivity contribution in [1.29, 1.82) is 5.26 Å². The monoisotopic (exact) mass is 727 g/mol. The number of esters is 1. The summed E-state index contributed by atoms with van der Waals surface area (Å²) < 4.78 is 56.8. The van der Waals surface area contributed by atoms with Crippen LogP contribution in [-0.2, 0) is 27.2 Å². The van der Waals surface area contributed by atoms with Crippen molar-refractivity contribution in [2.75, 3.05) is 20.4 Å². The maximum absolute atomic E-state index is 13.2. The van der Waals surface area contributed by atoms with Crippen LogP contribution in [-0.4, -0.2) is 83.4 Å². The van der Waals surface area contributed by atoms with Crippen LogP contribution in [0.5, 0.6) is 23.0 Å². The van der Waals surface area contributed by atoms with E-state index in [0.717, 1.165) is 42.0 Å². The number of benzene rings is 2. The summed E-state index contributed by atoms with van der Waals surface area (Å²) in [6.07, 6.45) is -1.66. The fourth-order valence-corrected chi connectivity index (χ4v) is 8.40. The molecule has 12 nitrogen and oxygen atoms in total. The number of nitrogens with zero attached hydrogens (tertiary/aromatic N) is 3. The summed E-state index contributed by atoms with van der Waals surface area (Å²) >= 11 is 0. The Labute approximate surface area is 300 Å². The van der Waals surface area contributed by atoms with Gasteiger partial charge in [-0.1, -0.05) is 25.8 Å². The molecule has 6 atom stereocenters. The second-order valence-electron chi connectivity index (χ2n) is 14.2. The van der Waals surface area contributed by atoms with Crippen LogP contribution in [0, 0.1) is 32.1 Å². The quantitative estimate of drug-likeness (QED) is 0.191. The summed E-state index contributed by atoms with van der Waals surface area (Å²) in [6, 6.07) is 0.199. The predicted octanol–water partition coefficient (Wildman–Crippen LogP) is 4.49. The number of piperazine rings is 1. The summed E-state index contributed by atoms with van der Waals surface area (Å²) in [4.78, 5) is 42.2. The van der Waals surface area contributed by atoms with E-state index >= 15 is 0 Å². The maximum Gasteiger partial charge on any atom is 0.471 e. The van der Waals surface area contributed by atoms with Crippen molar-refractivity contribution < 1.29 is 46.9 Å². The molecule has 15 heteroatoms. The number of halogens is 3. The minimum Gasteiger partial charge on any atom is -0.507 e. The highest BCUT2D eigenvalue weighted by molar-refractivity contribution is 5.89. The molecule has 0 saturated carbocycles. The molecule has 2 aromatic carbocycles. The van der Waals surface area contributed by atoms with Crippen molar-refractivity contribution in [3.05, 3.63) is 45.0 Å². The van der Waals surface area contributed by atoms with Crippen molar-refractivity contribution in [3.8, 4) is 29.1 Å². The van der Waals surface area contributed by atoms with Crippen molar-refractivity contribution in [1.82, 2.24) is 20.4 Å². The third kappa shape index (κ3) is 6.29. The molecule has 2 bridgehead atoms. The molecule has 1 fully saturated rings. The number of hydrogen-bond acceptors (Lipinski definition) is 10. The van der Waals surface area contributed by atoms with E-state index in [0.29, 0.717) is 46.8 Å².